The number of anilines is 1. The van der Waals surface area contributed by atoms with Gasteiger partial charge in [0.15, 0.2) is 0 Å². The Bertz CT molecular complexity index is 958. The molecule has 2 N–H and O–H groups in total. The van der Waals surface area contributed by atoms with Gasteiger partial charge in [0.05, 0.1) is 0 Å². The Morgan fingerprint density at radius 1 is 1.15 bits per heavy atom. The maximum atomic E-state index is 12.6. The fourth-order valence-electron chi connectivity index (χ4n) is 3.01. The Morgan fingerprint density at radius 2 is 1.81 bits per heavy atom. The van der Waals surface area contributed by atoms with Crippen molar-refractivity contribution in [3.8, 4) is 0 Å². The van der Waals surface area contributed by atoms with Gasteiger partial charge < -0.3 is 14.8 Å². The number of rotatable bonds is 5. The normalized spacial score (nSPS) is 16.2. The SMILES string of the molecule is Cc1ccccc1NC(=O)C1CCN(S(=O)(=O)c2ccc(C(=O)O)o2)CC1. The zero-order valence-electron chi connectivity index (χ0n) is 14.7. The first-order valence-corrected chi connectivity index (χ1v) is 9.93. The van der Waals surface area contributed by atoms with Crippen molar-refractivity contribution >= 4 is 27.6 Å². The van der Waals surface area contributed by atoms with E-state index in [2.05, 4.69) is 5.32 Å². The minimum absolute atomic E-state index is 0.132. The van der Waals surface area contributed by atoms with Gasteiger partial charge in [0.1, 0.15) is 0 Å². The molecule has 9 heteroatoms. The van der Waals surface area contributed by atoms with E-state index in [1.54, 1.807) is 0 Å². The number of benzene rings is 1. The molecular formula is C18H20N2O6S. The molecule has 2 aromatic rings. The Balaban J connectivity index is 1.63. The van der Waals surface area contributed by atoms with Crippen molar-refractivity contribution in [2.24, 2.45) is 5.92 Å². The van der Waals surface area contributed by atoms with Gasteiger partial charge in [0, 0.05) is 24.7 Å². The number of carbonyl (C=O) groups excluding carboxylic acids is 1. The zero-order chi connectivity index (χ0) is 19.6. The molecule has 0 radical (unpaired) electrons. The standard InChI is InChI=1S/C18H20N2O6S/c1-12-4-2-3-5-14(12)19-17(21)13-8-10-20(11-9-13)27(24,25)16-7-6-15(26-16)18(22)23/h2-7,13H,8-11H2,1H3,(H,19,21)(H,22,23). The molecule has 0 saturated carbocycles. The van der Waals surface area contributed by atoms with Crippen LogP contribution in [0.15, 0.2) is 45.9 Å². The highest BCUT2D eigenvalue weighted by Gasteiger charge is 2.34. The maximum absolute atomic E-state index is 12.6. The summed E-state index contributed by atoms with van der Waals surface area (Å²) in [6, 6.07) is 9.70. The van der Waals surface area contributed by atoms with Gasteiger partial charge >= 0.3 is 5.97 Å². The van der Waals surface area contributed by atoms with Crippen molar-refractivity contribution in [3.05, 3.63) is 47.7 Å². The van der Waals surface area contributed by atoms with Crippen molar-refractivity contribution in [1.29, 1.82) is 0 Å². The molecule has 0 spiro atoms. The Hall–Kier alpha value is -2.65. The number of carboxylic acids is 1. The maximum Gasteiger partial charge on any atom is 0.371 e. The predicted molar refractivity (Wildman–Crippen MR) is 97.0 cm³/mol. The summed E-state index contributed by atoms with van der Waals surface area (Å²) in [5.41, 5.74) is 1.70. The summed E-state index contributed by atoms with van der Waals surface area (Å²) in [6.45, 7) is 2.23. The molecule has 0 bridgehead atoms. The van der Waals surface area contributed by atoms with Gasteiger partial charge in [-0.25, -0.2) is 13.2 Å². The van der Waals surface area contributed by atoms with E-state index in [0.29, 0.717) is 12.8 Å². The second-order valence-electron chi connectivity index (χ2n) is 6.41. The molecule has 27 heavy (non-hydrogen) atoms. The Morgan fingerprint density at radius 3 is 2.41 bits per heavy atom. The number of aryl methyl sites for hydroxylation is 1. The molecule has 1 saturated heterocycles. The second-order valence-corrected chi connectivity index (χ2v) is 8.28. The molecule has 1 aliphatic heterocycles. The lowest BCUT2D eigenvalue weighted by Crippen LogP contribution is -2.41. The number of piperidine rings is 1. The molecule has 1 aliphatic rings. The highest BCUT2D eigenvalue weighted by Crippen LogP contribution is 2.26. The number of hydrogen-bond donors (Lipinski definition) is 2. The first-order chi connectivity index (χ1) is 12.8. The summed E-state index contributed by atoms with van der Waals surface area (Å²) in [4.78, 5) is 23.3. The third-order valence-corrected chi connectivity index (χ3v) is 6.39. The molecule has 144 valence electrons. The van der Waals surface area contributed by atoms with Crippen molar-refractivity contribution in [2.75, 3.05) is 18.4 Å². The van der Waals surface area contributed by atoms with Crippen LogP contribution in [0.3, 0.4) is 0 Å². The second kappa shape index (κ2) is 7.53. The number of carbonyl (C=O) groups is 2. The van der Waals surface area contributed by atoms with E-state index in [9.17, 15) is 18.0 Å². The zero-order valence-corrected chi connectivity index (χ0v) is 15.5. The van der Waals surface area contributed by atoms with Crippen LogP contribution >= 0.6 is 0 Å². The lowest BCUT2D eigenvalue weighted by molar-refractivity contribution is -0.120. The van der Waals surface area contributed by atoms with Crippen LogP contribution in [-0.2, 0) is 14.8 Å². The van der Waals surface area contributed by atoms with Crippen LogP contribution in [0.1, 0.15) is 29.0 Å². The molecule has 0 unspecified atom stereocenters. The average molecular weight is 392 g/mol. The van der Waals surface area contributed by atoms with Crippen molar-refractivity contribution in [2.45, 2.75) is 24.9 Å². The molecule has 0 atom stereocenters. The van der Waals surface area contributed by atoms with Crippen LogP contribution in [0.2, 0.25) is 0 Å². The minimum Gasteiger partial charge on any atom is -0.475 e. The van der Waals surface area contributed by atoms with E-state index in [4.69, 9.17) is 9.52 Å². The van der Waals surface area contributed by atoms with E-state index < -0.39 is 26.8 Å². The fourth-order valence-corrected chi connectivity index (χ4v) is 4.39. The topological polar surface area (TPSA) is 117 Å². The van der Waals surface area contributed by atoms with Crippen molar-refractivity contribution in [3.63, 3.8) is 0 Å². The number of furan rings is 1. The molecular weight excluding hydrogens is 372 g/mol. The molecule has 0 aliphatic carbocycles. The molecule has 8 nitrogen and oxygen atoms in total. The smallest absolute Gasteiger partial charge is 0.371 e. The van der Waals surface area contributed by atoms with Crippen molar-refractivity contribution in [1.82, 2.24) is 4.31 Å². The number of nitrogens with zero attached hydrogens (tertiary/aromatic N) is 1. The molecule has 3 rings (SSSR count). The third kappa shape index (κ3) is 4.04. The van der Waals surface area contributed by atoms with Gasteiger partial charge in [-0.05, 0) is 43.5 Å². The van der Waals surface area contributed by atoms with Crippen LogP contribution in [0.25, 0.3) is 0 Å². The first kappa shape index (κ1) is 19.1. The van der Waals surface area contributed by atoms with Crippen LogP contribution in [0.4, 0.5) is 5.69 Å². The largest absolute Gasteiger partial charge is 0.475 e. The monoisotopic (exact) mass is 392 g/mol. The predicted octanol–water partition coefficient (Wildman–Crippen LogP) is 2.33. The number of aromatic carboxylic acids is 1. The van der Waals surface area contributed by atoms with Gasteiger partial charge in [0.2, 0.25) is 16.8 Å². The summed E-state index contributed by atoms with van der Waals surface area (Å²) in [7, 11) is -3.92. The lowest BCUT2D eigenvalue weighted by atomic mass is 9.97. The van der Waals surface area contributed by atoms with Gasteiger partial charge in [0.25, 0.3) is 10.0 Å². The summed E-state index contributed by atoms with van der Waals surface area (Å²) in [5.74, 6) is -2.18. The summed E-state index contributed by atoms with van der Waals surface area (Å²) in [5, 5.41) is 11.4. The number of hydrogen-bond acceptors (Lipinski definition) is 5. The van der Waals surface area contributed by atoms with E-state index >= 15 is 0 Å². The third-order valence-electron chi connectivity index (χ3n) is 4.61. The Labute approximate surface area is 156 Å². The van der Waals surface area contributed by atoms with Crippen LogP contribution in [0.5, 0.6) is 0 Å². The van der Waals surface area contributed by atoms with Crippen molar-refractivity contribution < 1.29 is 27.5 Å². The minimum atomic E-state index is -3.92. The van der Waals surface area contributed by atoms with Crippen LogP contribution in [0, 0.1) is 12.8 Å². The molecule has 2 heterocycles. The number of nitrogens with one attached hydrogen (secondary N) is 1. The van der Waals surface area contributed by atoms with Gasteiger partial charge in [-0.2, -0.15) is 4.31 Å². The highest BCUT2D eigenvalue weighted by molar-refractivity contribution is 7.89. The molecule has 1 amide bonds. The van der Waals surface area contributed by atoms with E-state index in [1.165, 1.54) is 4.31 Å². The molecule has 1 aromatic heterocycles. The van der Waals surface area contributed by atoms with Gasteiger partial charge in [-0.15, -0.1) is 0 Å². The number of para-hydroxylation sites is 1. The van der Waals surface area contributed by atoms with Crippen LogP contribution in [-0.4, -0.2) is 42.8 Å². The van der Waals surface area contributed by atoms with E-state index in [-0.39, 0.29) is 24.9 Å². The van der Waals surface area contributed by atoms with Crippen LogP contribution < -0.4 is 5.32 Å². The average Bonchev–Trinajstić information content (AvgIpc) is 3.15. The summed E-state index contributed by atoms with van der Waals surface area (Å²) >= 11 is 0. The van der Waals surface area contributed by atoms with E-state index in [0.717, 1.165) is 23.4 Å². The first-order valence-electron chi connectivity index (χ1n) is 8.49. The number of carboxylic acid groups (broad SMARTS) is 1. The number of sulfonamides is 1. The summed E-state index contributed by atoms with van der Waals surface area (Å²) in [6.07, 6.45) is 0.757. The molecule has 1 fully saturated rings. The highest BCUT2D eigenvalue weighted by atomic mass is 32.2. The van der Waals surface area contributed by atoms with Gasteiger partial charge in [-0.1, -0.05) is 18.2 Å². The lowest BCUT2D eigenvalue weighted by Gasteiger charge is -2.29. The number of amides is 1. The summed E-state index contributed by atoms with van der Waals surface area (Å²) < 4.78 is 31.3. The quantitative estimate of drug-likeness (QED) is 0.806. The van der Waals surface area contributed by atoms with E-state index in [1.807, 2.05) is 31.2 Å². The molecule has 1 aromatic carbocycles. The van der Waals surface area contributed by atoms with Gasteiger partial charge in [-0.3, -0.25) is 4.79 Å². The fraction of sp³-hybridized carbons (Fsp3) is 0.333. The Kier molecular flexibility index (Phi) is 5.33.